The average molecular weight is 426 g/mol. The summed E-state index contributed by atoms with van der Waals surface area (Å²) in [4.78, 5) is 13.9. The van der Waals surface area contributed by atoms with E-state index >= 15 is 0 Å². The van der Waals surface area contributed by atoms with Crippen LogP contribution in [0.3, 0.4) is 0 Å². The summed E-state index contributed by atoms with van der Waals surface area (Å²) in [6.45, 7) is 6.60. The Bertz CT molecular complexity index is 897. The summed E-state index contributed by atoms with van der Waals surface area (Å²) in [5.74, 6) is -0.370. The zero-order chi connectivity index (χ0) is 22.1. The summed E-state index contributed by atoms with van der Waals surface area (Å²) in [7, 11) is 0. The zero-order valence-corrected chi connectivity index (χ0v) is 17.1. The van der Waals surface area contributed by atoms with Gasteiger partial charge >= 0.3 is 12.5 Å². The van der Waals surface area contributed by atoms with Crippen LogP contribution in [0.4, 0.5) is 23.7 Å². The fourth-order valence-corrected chi connectivity index (χ4v) is 3.32. The van der Waals surface area contributed by atoms with E-state index in [-0.39, 0.29) is 23.6 Å². The molecule has 0 spiro atoms. The fraction of sp³-hybridized carbons (Fsp3) is 0.500. The molecule has 2 aromatic rings. The Balaban J connectivity index is 1.64. The molecule has 1 aliphatic heterocycles. The second kappa shape index (κ2) is 8.08. The predicted octanol–water partition coefficient (Wildman–Crippen LogP) is 4.60. The highest BCUT2D eigenvalue weighted by Gasteiger charge is 2.31. The normalized spacial score (nSPS) is 15.9. The lowest BCUT2D eigenvalue weighted by Gasteiger charge is -2.33. The van der Waals surface area contributed by atoms with E-state index in [1.54, 1.807) is 15.8 Å². The Kier molecular flexibility index (Phi) is 5.87. The molecule has 1 aromatic carbocycles. The summed E-state index contributed by atoms with van der Waals surface area (Å²) in [6, 6.07) is 3.93. The van der Waals surface area contributed by atoms with E-state index in [9.17, 15) is 18.0 Å². The Morgan fingerprint density at radius 3 is 2.43 bits per heavy atom. The van der Waals surface area contributed by atoms with Crippen LogP contribution in [0.5, 0.6) is 5.75 Å². The van der Waals surface area contributed by atoms with Crippen molar-refractivity contribution in [3.63, 3.8) is 0 Å². The highest BCUT2D eigenvalue weighted by Crippen LogP contribution is 2.33. The van der Waals surface area contributed by atoms with E-state index in [4.69, 9.17) is 10.5 Å². The monoisotopic (exact) mass is 426 g/mol. The molecule has 0 radical (unpaired) electrons. The lowest BCUT2D eigenvalue weighted by molar-refractivity contribution is -0.274. The van der Waals surface area contributed by atoms with Gasteiger partial charge in [-0.3, -0.25) is 4.68 Å². The van der Waals surface area contributed by atoms with Crippen LogP contribution in [0.2, 0.25) is 0 Å². The number of rotatable bonds is 3. The van der Waals surface area contributed by atoms with Crippen LogP contribution in [0.15, 0.2) is 30.6 Å². The van der Waals surface area contributed by atoms with Crippen molar-refractivity contribution >= 4 is 11.8 Å². The molecule has 1 saturated heterocycles. The molecule has 2 N–H and O–H groups in total. The van der Waals surface area contributed by atoms with Crippen molar-refractivity contribution in [1.82, 2.24) is 14.7 Å². The first-order valence-corrected chi connectivity index (χ1v) is 9.59. The maximum Gasteiger partial charge on any atom is 0.573 e. The number of alkyl halides is 3. The van der Waals surface area contributed by atoms with Gasteiger partial charge in [0.1, 0.15) is 11.4 Å². The van der Waals surface area contributed by atoms with Gasteiger partial charge in [0.15, 0.2) is 0 Å². The second-order valence-electron chi connectivity index (χ2n) is 8.20. The van der Waals surface area contributed by atoms with Gasteiger partial charge in [-0.25, -0.2) is 4.79 Å². The van der Waals surface area contributed by atoms with Crippen molar-refractivity contribution in [2.45, 2.75) is 51.6 Å². The minimum absolute atomic E-state index is 0.103. The van der Waals surface area contributed by atoms with Crippen molar-refractivity contribution in [2.75, 3.05) is 18.8 Å². The molecule has 1 aliphatic rings. The van der Waals surface area contributed by atoms with Gasteiger partial charge in [-0.1, -0.05) is 0 Å². The number of carbonyl (C=O) groups is 1. The topological polar surface area (TPSA) is 82.6 Å². The van der Waals surface area contributed by atoms with Gasteiger partial charge in [0.05, 0.1) is 12.2 Å². The van der Waals surface area contributed by atoms with Crippen molar-refractivity contribution in [3.05, 3.63) is 30.6 Å². The number of carbonyl (C=O) groups excluding carboxylic acids is 1. The van der Waals surface area contributed by atoms with E-state index < -0.39 is 12.0 Å². The first-order valence-electron chi connectivity index (χ1n) is 9.59. The molecule has 0 saturated carbocycles. The van der Waals surface area contributed by atoms with E-state index in [2.05, 4.69) is 9.84 Å². The number of hydrogen-bond acceptors (Lipinski definition) is 5. The Labute approximate surface area is 172 Å². The lowest BCUT2D eigenvalue weighted by Crippen LogP contribution is -2.42. The van der Waals surface area contributed by atoms with Crippen LogP contribution in [0, 0.1) is 0 Å². The third kappa shape index (κ3) is 5.58. The number of hydrogen-bond donors (Lipinski definition) is 1. The summed E-state index contributed by atoms with van der Waals surface area (Å²) < 4.78 is 48.2. The van der Waals surface area contributed by atoms with Crippen molar-refractivity contribution in [3.8, 4) is 16.9 Å². The Morgan fingerprint density at radius 2 is 1.87 bits per heavy atom. The molecule has 3 rings (SSSR count). The summed E-state index contributed by atoms with van der Waals surface area (Å²) in [5, 5.41) is 4.38. The summed E-state index contributed by atoms with van der Waals surface area (Å²) in [5.41, 5.74) is 6.81. The number of ether oxygens (including phenoxy) is 2. The van der Waals surface area contributed by atoms with Gasteiger partial charge in [0.25, 0.3) is 0 Å². The standard InChI is InChI=1S/C20H25F3N4O3/c1-19(2,3)30-18(28)26-8-6-14(7-9-26)27-12-13(11-25-27)16-5-4-15(10-17(16)24)29-20(21,22)23/h4-5,10-12,14H,6-9,24H2,1-3H3. The minimum atomic E-state index is -4.77. The first kappa shape index (κ1) is 21.8. The van der Waals surface area contributed by atoms with Gasteiger partial charge in [-0.15, -0.1) is 13.2 Å². The largest absolute Gasteiger partial charge is 0.573 e. The number of nitrogens with two attached hydrogens (primary N) is 1. The fourth-order valence-electron chi connectivity index (χ4n) is 3.32. The molecule has 10 heteroatoms. The van der Waals surface area contributed by atoms with Gasteiger partial charge in [0.2, 0.25) is 0 Å². The van der Waals surface area contributed by atoms with Gasteiger partial charge < -0.3 is 20.1 Å². The quantitative estimate of drug-likeness (QED) is 0.725. The van der Waals surface area contributed by atoms with E-state index in [1.807, 2.05) is 27.0 Å². The SMILES string of the molecule is CC(C)(C)OC(=O)N1CCC(n2cc(-c3ccc(OC(F)(F)F)cc3N)cn2)CC1. The average Bonchev–Trinajstić information content (AvgIpc) is 3.09. The molecule has 1 fully saturated rings. The van der Waals surface area contributed by atoms with Crippen LogP contribution in [0.1, 0.15) is 39.7 Å². The van der Waals surface area contributed by atoms with E-state index in [0.717, 1.165) is 6.07 Å². The maximum atomic E-state index is 12.4. The van der Waals surface area contributed by atoms with E-state index in [1.165, 1.54) is 12.1 Å². The van der Waals surface area contributed by atoms with Gasteiger partial charge in [0, 0.05) is 42.2 Å². The smallest absolute Gasteiger partial charge is 0.444 e. The molecule has 0 unspecified atom stereocenters. The van der Waals surface area contributed by atoms with Crippen molar-refractivity contribution in [2.24, 2.45) is 0 Å². The molecule has 164 valence electrons. The van der Waals surface area contributed by atoms with Crippen LogP contribution in [-0.2, 0) is 4.74 Å². The minimum Gasteiger partial charge on any atom is -0.444 e. The van der Waals surface area contributed by atoms with Gasteiger partial charge in [-0.2, -0.15) is 5.10 Å². The molecule has 7 nitrogen and oxygen atoms in total. The molecule has 2 heterocycles. The molecule has 0 bridgehead atoms. The number of piperidine rings is 1. The molecule has 0 atom stereocenters. The molecule has 1 amide bonds. The molecule has 30 heavy (non-hydrogen) atoms. The summed E-state index contributed by atoms with van der Waals surface area (Å²) in [6.07, 6.45) is -0.230. The Morgan fingerprint density at radius 1 is 1.20 bits per heavy atom. The lowest BCUT2D eigenvalue weighted by atomic mass is 10.1. The number of aromatic nitrogens is 2. The van der Waals surface area contributed by atoms with E-state index in [0.29, 0.717) is 37.1 Å². The number of amides is 1. The second-order valence-corrected chi connectivity index (χ2v) is 8.20. The number of anilines is 1. The highest BCUT2D eigenvalue weighted by molar-refractivity contribution is 5.76. The third-order valence-corrected chi connectivity index (χ3v) is 4.66. The summed E-state index contributed by atoms with van der Waals surface area (Å²) >= 11 is 0. The van der Waals surface area contributed by atoms with Crippen LogP contribution in [-0.4, -0.2) is 45.8 Å². The van der Waals surface area contributed by atoms with Gasteiger partial charge in [-0.05, 0) is 45.7 Å². The predicted molar refractivity (Wildman–Crippen MR) is 105 cm³/mol. The zero-order valence-electron chi connectivity index (χ0n) is 17.1. The third-order valence-electron chi connectivity index (χ3n) is 4.66. The van der Waals surface area contributed by atoms with Crippen LogP contribution in [0.25, 0.3) is 11.1 Å². The van der Waals surface area contributed by atoms with Crippen LogP contribution < -0.4 is 10.5 Å². The molecule has 1 aromatic heterocycles. The highest BCUT2D eigenvalue weighted by atomic mass is 19.4. The number of halogens is 3. The number of nitrogens with zero attached hydrogens (tertiary/aromatic N) is 3. The number of nitrogen functional groups attached to an aromatic ring is 1. The maximum absolute atomic E-state index is 12.4. The van der Waals surface area contributed by atoms with Crippen LogP contribution >= 0.6 is 0 Å². The van der Waals surface area contributed by atoms with Crippen molar-refractivity contribution < 1.29 is 27.4 Å². The number of likely N-dealkylation sites (tertiary alicyclic amines) is 1. The Hall–Kier alpha value is -2.91. The molecular weight excluding hydrogens is 401 g/mol. The first-order chi connectivity index (χ1) is 13.9. The molecule has 0 aliphatic carbocycles. The van der Waals surface area contributed by atoms with Crippen molar-refractivity contribution in [1.29, 1.82) is 0 Å². The molecular formula is C20H25F3N4O3. The number of benzene rings is 1.